The molecule has 1 aromatic heterocycles. The molecule has 1 aromatic rings. The molecule has 116 valence electrons. The maximum atomic E-state index is 11.7. The van der Waals surface area contributed by atoms with E-state index in [1.807, 2.05) is 6.07 Å². The van der Waals surface area contributed by atoms with Gasteiger partial charge in [0.05, 0.1) is 17.1 Å². The molecule has 0 spiro atoms. The van der Waals surface area contributed by atoms with Gasteiger partial charge in [0.25, 0.3) is 0 Å². The van der Waals surface area contributed by atoms with Gasteiger partial charge in [0.15, 0.2) is 5.82 Å². The van der Waals surface area contributed by atoms with Crippen molar-refractivity contribution in [2.75, 3.05) is 36.4 Å². The lowest BCUT2D eigenvalue weighted by Crippen LogP contribution is -2.31. The quantitative estimate of drug-likeness (QED) is 0.716. The van der Waals surface area contributed by atoms with Crippen LogP contribution in [-0.4, -0.2) is 50.0 Å². The first kappa shape index (κ1) is 14.5. The highest BCUT2D eigenvalue weighted by atomic mass is 32.2. The van der Waals surface area contributed by atoms with Crippen molar-refractivity contribution in [3.05, 3.63) is 12.3 Å². The third kappa shape index (κ3) is 3.82. The Balaban J connectivity index is 1.47. The fourth-order valence-corrected chi connectivity index (χ4v) is 3.85. The first-order chi connectivity index (χ1) is 10.1. The van der Waals surface area contributed by atoms with Gasteiger partial charge in [-0.15, -0.1) is 5.10 Å². The standard InChI is InChI=1S/C13H21N5O2S/c19-21(20,12-3-4-12)16-6-5-14-13-9-11(10-15-17-13)18-7-1-2-8-18/h9-10,12,16H,1-8H2,(H,14,17). The average molecular weight is 311 g/mol. The van der Waals surface area contributed by atoms with Crippen molar-refractivity contribution in [3.63, 3.8) is 0 Å². The van der Waals surface area contributed by atoms with E-state index >= 15 is 0 Å². The highest BCUT2D eigenvalue weighted by Crippen LogP contribution is 2.27. The molecule has 2 fully saturated rings. The predicted molar refractivity (Wildman–Crippen MR) is 81.9 cm³/mol. The molecule has 1 aliphatic heterocycles. The van der Waals surface area contributed by atoms with Gasteiger partial charge in [0.2, 0.25) is 10.0 Å². The molecule has 1 saturated heterocycles. The Morgan fingerprint density at radius 3 is 2.71 bits per heavy atom. The third-order valence-electron chi connectivity index (χ3n) is 3.81. The van der Waals surface area contributed by atoms with Crippen molar-refractivity contribution in [1.82, 2.24) is 14.9 Å². The Morgan fingerprint density at radius 1 is 1.24 bits per heavy atom. The fourth-order valence-electron chi connectivity index (χ4n) is 2.47. The fraction of sp³-hybridized carbons (Fsp3) is 0.692. The summed E-state index contributed by atoms with van der Waals surface area (Å²) in [5.41, 5.74) is 1.07. The molecule has 0 amide bonds. The number of hydrogen-bond donors (Lipinski definition) is 2. The minimum Gasteiger partial charge on any atom is -0.370 e. The van der Waals surface area contributed by atoms with Crippen LogP contribution in [0.4, 0.5) is 11.5 Å². The van der Waals surface area contributed by atoms with Gasteiger partial charge in [-0.1, -0.05) is 0 Å². The second kappa shape index (κ2) is 6.15. The van der Waals surface area contributed by atoms with Gasteiger partial charge in [-0.2, -0.15) is 5.10 Å². The highest BCUT2D eigenvalue weighted by Gasteiger charge is 2.35. The number of nitrogens with one attached hydrogen (secondary N) is 2. The first-order valence-electron chi connectivity index (χ1n) is 7.45. The van der Waals surface area contributed by atoms with Crippen LogP contribution in [0, 0.1) is 0 Å². The molecule has 8 heteroatoms. The maximum Gasteiger partial charge on any atom is 0.214 e. The van der Waals surface area contributed by atoms with E-state index in [9.17, 15) is 8.42 Å². The Labute approximate surface area is 125 Å². The molecule has 0 unspecified atom stereocenters. The van der Waals surface area contributed by atoms with Gasteiger partial charge in [0, 0.05) is 32.2 Å². The monoisotopic (exact) mass is 311 g/mol. The van der Waals surface area contributed by atoms with Crippen LogP contribution in [0.1, 0.15) is 25.7 Å². The van der Waals surface area contributed by atoms with Crippen LogP contribution in [0.2, 0.25) is 0 Å². The number of anilines is 2. The summed E-state index contributed by atoms with van der Waals surface area (Å²) >= 11 is 0. The van der Waals surface area contributed by atoms with Crippen molar-refractivity contribution in [1.29, 1.82) is 0 Å². The van der Waals surface area contributed by atoms with E-state index in [1.165, 1.54) is 12.8 Å². The third-order valence-corrected chi connectivity index (χ3v) is 5.76. The molecule has 2 heterocycles. The molecular formula is C13H21N5O2S. The van der Waals surface area contributed by atoms with Crippen molar-refractivity contribution in [2.45, 2.75) is 30.9 Å². The van der Waals surface area contributed by atoms with Crippen molar-refractivity contribution >= 4 is 21.5 Å². The SMILES string of the molecule is O=S(=O)(NCCNc1cc(N2CCCC2)cnn1)C1CC1. The molecule has 0 atom stereocenters. The largest absolute Gasteiger partial charge is 0.370 e. The van der Waals surface area contributed by atoms with E-state index in [-0.39, 0.29) is 5.25 Å². The molecule has 0 bridgehead atoms. The first-order valence-corrected chi connectivity index (χ1v) is 9.00. The summed E-state index contributed by atoms with van der Waals surface area (Å²) < 4.78 is 25.9. The van der Waals surface area contributed by atoms with Crippen molar-refractivity contribution in [3.8, 4) is 0 Å². The molecule has 3 rings (SSSR count). The Kier molecular flexibility index (Phi) is 4.25. The average Bonchev–Trinajstić information content (AvgIpc) is 3.21. The van der Waals surface area contributed by atoms with Crippen molar-refractivity contribution in [2.24, 2.45) is 0 Å². The zero-order chi connectivity index (χ0) is 14.7. The molecule has 21 heavy (non-hydrogen) atoms. The topological polar surface area (TPSA) is 87.2 Å². The Morgan fingerprint density at radius 2 is 2.00 bits per heavy atom. The molecular weight excluding hydrogens is 290 g/mol. The number of hydrogen-bond acceptors (Lipinski definition) is 6. The summed E-state index contributed by atoms with van der Waals surface area (Å²) in [4.78, 5) is 2.29. The van der Waals surface area contributed by atoms with Gasteiger partial charge < -0.3 is 10.2 Å². The lowest BCUT2D eigenvalue weighted by molar-refractivity contribution is 0.581. The van der Waals surface area contributed by atoms with Crippen LogP contribution < -0.4 is 14.9 Å². The molecule has 7 nitrogen and oxygen atoms in total. The van der Waals surface area contributed by atoms with Crippen LogP contribution >= 0.6 is 0 Å². The van der Waals surface area contributed by atoms with E-state index in [0.717, 1.165) is 31.6 Å². The minimum atomic E-state index is -3.10. The molecule has 0 radical (unpaired) electrons. The lowest BCUT2D eigenvalue weighted by atomic mass is 10.4. The summed E-state index contributed by atoms with van der Waals surface area (Å²) in [6, 6.07) is 1.97. The molecule has 0 aromatic carbocycles. The molecule has 1 aliphatic carbocycles. The van der Waals surface area contributed by atoms with E-state index in [0.29, 0.717) is 18.9 Å². The zero-order valence-corrected chi connectivity index (χ0v) is 12.8. The number of rotatable bonds is 7. The molecule has 2 aliphatic rings. The summed E-state index contributed by atoms with van der Waals surface area (Å²) in [5.74, 6) is 0.685. The summed E-state index contributed by atoms with van der Waals surface area (Å²) in [5, 5.41) is 11.0. The van der Waals surface area contributed by atoms with Crippen LogP contribution in [0.25, 0.3) is 0 Å². The van der Waals surface area contributed by atoms with Gasteiger partial charge in [-0.3, -0.25) is 0 Å². The van der Waals surface area contributed by atoms with E-state index in [2.05, 4.69) is 25.1 Å². The van der Waals surface area contributed by atoms with Crippen LogP contribution in [-0.2, 0) is 10.0 Å². The second-order valence-corrected chi connectivity index (χ2v) is 7.60. The maximum absolute atomic E-state index is 11.7. The highest BCUT2D eigenvalue weighted by molar-refractivity contribution is 7.90. The smallest absolute Gasteiger partial charge is 0.214 e. The van der Waals surface area contributed by atoms with Crippen LogP contribution in [0.3, 0.4) is 0 Å². The predicted octanol–water partition coefficient (Wildman–Crippen LogP) is 0.570. The van der Waals surface area contributed by atoms with Gasteiger partial charge in [-0.05, 0) is 25.7 Å². The van der Waals surface area contributed by atoms with Gasteiger partial charge in [0.1, 0.15) is 0 Å². The van der Waals surface area contributed by atoms with Gasteiger partial charge >= 0.3 is 0 Å². The van der Waals surface area contributed by atoms with E-state index in [4.69, 9.17) is 0 Å². The second-order valence-electron chi connectivity index (χ2n) is 5.56. The van der Waals surface area contributed by atoms with Crippen LogP contribution in [0.15, 0.2) is 12.3 Å². The number of sulfonamides is 1. The van der Waals surface area contributed by atoms with Crippen LogP contribution in [0.5, 0.6) is 0 Å². The summed E-state index contributed by atoms with van der Waals surface area (Å²) in [6.45, 7) is 3.00. The normalized spacial score (nSPS) is 19.0. The lowest BCUT2D eigenvalue weighted by Gasteiger charge is -2.17. The Hall–Kier alpha value is -1.41. The summed E-state index contributed by atoms with van der Waals surface area (Å²) in [6.07, 6.45) is 5.77. The zero-order valence-electron chi connectivity index (χ0n) is 12.0. The minimum absolute atomic E-state index is 0.171. The number of aromatic nitrogens is 2. The van der Waals surface area contributed by atoms with Gasteiger partial charge in [-0.25, -0.2) is 13.1 Å². The van der Waals surface area contributed by atoms with E-state index in [1.54, 1.807) is 6.20 Å². The van der Waals surface area contributed by atoms with E-state index < -0.39 is 10.0 Å². The molecule has 1 saturated carbocycles. The van der Waals surface area contributed by atoms with Crippen molar-refractivity contribution < 1.29 is 8.42 Å². The molecule has 2 N–H and O–H groups in total. The summed E-state index contributed by atoms with van der Waals surface area (Å²) in [7, 11) is -3.10. The number of nitrogens with zero attached hydrogens (tertiary/aromatic N) is 3. The Bertz CT molecular complexity index is 582.